The van der Waals surface area contributed by atoms with E-state index in [2.05, 4.69) is 15.2 Å². The largest absolute Gasteiger partial charge is 0.487 e. The van der Waals surface area contributed by atoms with E-state index in [0.717, 1.165) is 37.5 Å². The Hall–Kier alpha value is -1.82. The smallest absolute Gasteiger partial charge is 0.231 e. The molecule has 0 aliphatic carbocycles. The summed E-state index contributed by atoms with van der Waals surface area (Å²) < 4.78 is 5.76. The van der Waals surface area contributed by atoms with E-state index < -0.39 is 0 Å². The molecule has 0 aromatic carbocycles. The van der Waals surface area contributed by atoms with Crippen molar-refractivity contribution < 1.29 is 9.53 Å². The van der Waals surface area contributed by atoms with Crippen molar-refractivity contribution in [3.05, 3.63) is 18.3 Å². The second-order valence-corrected chi connectivity index (χ2v) is 5.68. The van der Waals surface area contributed by atoms with E-state index in [-0.39, 0.29) is 12.0 Å². The molecule has 1 aromatic heterocycles. The molecule has 6 nitrogen and oxygen atoms in total. The molecule has 21 heavy (non-hydrogen) atoms. The summed E-state index contributed by atoms with van der Waals surface area (Å²) in [4.78, 5) is 17.4. The summed E-state index contributed by atoms with van der Waals surface area (Å²) in [6.45, 7) is 6.08. The van der Waals surface area contributed by atoms with Gasteiger partial charge in [0, 0.05) is 25.3 Å². The zero-order valence-corrected chi connectivity index (χ0v) is 12.7. The SMILES string of the molecule is CC(C)Oc1cccnc1NC1CCN(CC(N)=O)CC1. The molecular weight excluding hydrogens is 268 g/mol. The number of aromatic nitrogens is 1. The third-order valence-corrected chi connectivity index (χ3v) is 3.44. The predicted octanol–water partition coefficient (Wildman–Crippen LogP) is 1.23. The number of anilines is 1. The van der Waals surface area contributed by atoms with E-state index in [9.17, 15) is 4.79 Å². The monoisotopic (exact) mass is 292 g/mol. The predicted molar refractivity (Wildman–Crippen MR) is 82.3 cm³/mol. The van der Waals surface area contributed by atoms with Gasteiger partial charge in [-0.05, 0) is 38.8 Å². The molecule has 6 heteroatoms. The van der Waals surface area contributed by atoms with Crippen LogP contribution in [0, 0.1) is 0 Å². The summed E-state index contributed by atoms with van der Waals surface area (Å²) in [7, 11) is 0. The summed E-state index contributed by atoms with van der Waals surface area (Å²) in [5.41, 5.74) is 5.22. The van der Waals surface area contributed by atoms with Gasteiger partial charge < -0.3 is 15.8 Å². The zero-order chi connectivity index (χ0) is 15.2. The molecule has 116 valence electrons. The highest BCUT2D eigenvalue weighted by atomic mass is 16.5. The van der Waals surface area contributed by atoms with Crippen LogP contribution >= 0.6 is 0 Å². The van der Waals surface area contributed by atoms with Gasteiger partial charge in [-0.1, -0.05) is 0 Å². The minimum atomic E-state index is -0.265. The Morgan fingerprint density at radius 3 is 2.86 bits per heavy atom. The lowest BCUT2D eigenvalue weighted by molar-refractivity contribution is -0.119. The first-order chi connectivity index (χ1) is 10.0. The average Bonchev–Trinajstić information content (AvgIpc) is 2.42. The van der Waals surface area contributed by atoms with Crippen molar-refractivity contribution in [3.63, 3.8) is 0 Å². The van der Waals surface area contributed by atoms with E-state index in [1.54, 1.807) is 6.20 Å². The van der Waals surface area contributed by atoms with E-state index in [1.807, 2.05) is 26.0 Å². The number of carbonyl (C=O) groups excluding carboxylic acids is 1. The van der Waals surface area contributed by atoms with Gasteiger partial charge in [-0.3, -0.25) is 9.69 Å². The molecule has 0 saturated carbocycles. The first kappa shape index (κ1) is 15.6. The molecule has 2 rings (SSSR count). The zero-order valence-electron chi connectivity index (χ0n) is 12.7. The van der Waals surface area contributed by atoms with Gasteiger partial charge in [-0.2, -0.15) is 0 Å². The Balaban J connectivity index is 1.90. The van der Waals surface area contributed by atoms with Gasteiger partial charge in [0.1, 0.15) is 0 Å². The van der Waals surface area contributed by atoms with Crippen LogP contribution < -0.4 is 15.8 Å². The summed E-state index contributed by atoms with van der Waals surface area (Å²) in [6, 6.07) is 4.15. The molecule has 3 N–H and O–H groups in total. The number of nitrogens with two attached hydrogens (primary N) is 1. The Labute approximate surface area is 125 Å². The number of carbonyl (C=O) groups is 1. The van der Waals surface area contributed by atoms with Crippen molar-refractivity contribution in [1.29, 1.82) is 0 Å². The number of ether oxygens (including phenoxy) is 1. The van der Waals surface area contributed by atoms with Crippen molar-refractivity contribution >= 4 is 11.7 Å². The van der Waals surface area contributed by atoms with Crippen molar-refractivity contribution in [1.82, 2.24) is 9.88 Å². The first-order valence-electron chi connectivity index (χ1n) is 7.43. The molecule has 1 aliphatic rings. The summed E-state index contributed by atoms with van der Waals surface area (Å²) in [5, 5.41) is 3.45. The highest BCUT2D eigenvalue weighted by Crippen LogP contribution is 2.25. The topological polar surface area (TPSA) is 80.5 Å². The summed E-state index contributed by atoms with van der Waals surface area (Å²) >= 11 is 0. The summed E-state index contributed by atoms with van der Waals surface area (Å²) in [6.07, 6.45) is 3.81. The highest BCUT2D eigenvalue weighted by molar-refractivity contribution is 5.75. The third-order valence-electron chi connectivity index (χ3n) is 3.44. The van der Waals surface area contributed by atoms with Crippen LogP contribution in [0.15, 0.2) is 18.3 Å². The van der Waals surface area contributed by atoms with Crippen LogP contribution in [-0.2, 0) is 4.79 Å². The molecule has 1 saturated heterocycles. The molecule has 1 amide bonds. The molecule has 0 atom stereocenters. The van der Waals surface area contributed by atoms with Crippen LogP contribution in [0.1, 0.15) is 26.7 Å². The second-order valence-electron chi connectivity index (χ2n) is 5.68. The number of primary amides is 1. The molecule has 0 radical (unpaired) electrons. The standard InChI is InChI=1S/C15H24N4O2/c1-11(2)21-13-4-3-7-17-15(13)18-12-5-8-19(9-6-12)10-14(16)20/h3-4,7,11-12H,5-6,8-10H2,1-2H3,(H2,16,20)(H,17,18). The van der Waals surface area contributed by atoms with Crippen LogP contribution in [0.5, 0.6) is 5.75 Å². The first-order valence-corrected chi connectivity index (χ1v) is 7.43. The molecule has 1 fully saturated rings. The van der Waals surface area contributed by atoms with Crippen LogP contribution in [0.2, 0.25) is 0 Å². The van der Waals surface area contributed by atoms with E-state index in [0.29, 0.717) is 12.6 Å². The summed E-state index contributed by atoms with van der Waals surface area (Å²) in [5.74, 6) is 1.31. The minimum absolute atomic E-state index is 0.118. The number of piperidine rings is 1. The molecule has 0 bridgehead atoms. The maximum absolute atomic E-state index is 10.9. The van der Waals surface area contributed by atoms with Crippen molar-refractivity contribution in [2.75, 3.05) is 25.0 Å². The molecule has 0 spiro atoms. The lowest BCUT2D eigenvalue weighted by atomic mass is 10.1. The van der Waals surface area contributed by atoms with E-state index >= 15 is 0 Å². The van der Waals surface area contributed by atoms with Crippen LogP contribution in [0.4, 0.5) is 5.82 Å². The van der Waals surface area contributed by atoms with Crippen molar-refractivity contribution in [2.24, 2.45) is 5.73 Å². The van der Waals surface area contributed by atoms with Gasteiger partial charge in [0.2, 0.25) is 5.91 Å². The number of pyridine rings is 1. The van der Waals surface area contributed by atoms with Gasteiger partial charge in [0.15, 0.2) is 11.6 Å². The Bertz CT molecular complexity index is 470. The van der Waals surface area contributed by atoms with Gasteiger partial charge >= 0.3 is 0 Å². The molecule has 1 aliphatic heterocycles. The van der Waals surface area contributed by atoms with E-state index in [4.69, 9.17) is 10.5 Å². The number of hydrogen-bond acceptors (Lipinski definition) is 5. The number of hydrogen-bond donors (Lipinski definition) is 2. The maximum Gasteiger partial charge on any atom is 0.231 e. The van der Waals surface area contributed by atoms with Gasteiger partial charge in [-0.25, -0.2) is 4.98 Å². The number of amides is 1. The maximum atomic E-state index is 10.9. The highest BCUT2D eigenvalue weighted by Gasteiger charge is 2.21. The van der Waals surface area contributed by atoms with E-state index in [1.165, 1.54) is 0 Å². The quantitative estimate of drug-likeness (QED) is 0.824. The number of nitrogens with zero attached hydrogens (tertiary/aromatic N) is 2. The second kappa shape index (κ2) is 7.26. The van der Waals surface area contributed by atoms with Crippen LogP contribution in [-0.4, -0.2) is 47.6 Å². The molecule has 0 unspecified atom stereocenters. The molecular formula is C15H24N4O2. The van der Waals surface area contributed by atoms with Crippen molar-refractivity contribution in [3.8, 4) is 5.75 Å². The fraction of sp³-hybridized carbons (Fsp3) is 0.600. The fourth-order valence-electron chi connectivity index (χ4n) is 2.50. The number of rotatable bonds is 6. The normalized spacial score (nSPS) is 16.9. The van der Waals surface area contributed by atoms with Gasteiger partial charge in [-0.15, -0.1) is 0 Å². The minimum Gasteiger partial charge on any atom is -0.487 e. The number of nitrogens with one attached hydrogen (secondary N) is 1. The molecule has 2 heterocycles. The van der Waals surface area contributed by atoms with Gasteiger partial charge in [0.25, 0.3) is 0 Å². The Morgan fingerprint density at radius 1 is 1.52 bits per heavy atom. The Morgan fingerprint density at radius 2 is 2.24 bits per heavy atom. The van der Waals surface area contributed by atoms with Crippen molar-refractivity contribution in [2.45, 2.75) is 38.8 Å². The Kier molecular flexibility index (Phi) is 5.38. The lowest BCUT2D eigenvalue weighted by Crippen LogP contribution is -2.43. The number of likely N-dealkylation sites (tertiary alicyclic amines) is 1. The average molecular weight is 292 g/mol. The lowest BCUT2D eigenvalue weighted by Gasteiger charge is -2.32. The fourth-order valence-corrected chi connectivity index (χ4v) is 2.50. The third kappa shape index (κ3) is 4.90. The van der Waals surface area contributed by atoms with Crippen LogP contribution in [0.25, 0.3) is 0 Å². The molecule has 1 aromatic rings. The van der Waals surface area contributed by atoms with Crippen LogP contribution in [0.3, 0.4) is 0 Å². The van der Waals surface area contributed by atoms with Gasteiger partial charge in [0.05, 0.1) is 12.6 Å².